The lowest BCUT2D eigenvalue weighted by atomic mass is 10.0. The zero-order valence-electron chi connectivity index (χ0n) is 12.6. The smallest absolute Gasteiger partial charge is 0.250 e. The first-order chi connectivity index (χ1) is 10.1. The summed E-state index contributed by atoms with van der Waals surface area (Å²) in [6.07, 6.45) is 2.55. The van der Waals surface area contributed by atoms with Crippen molar-refractivity contribution in [3.05, 3.63) is 64.1 Å². The maximum absolute atomic E-state index is 11.6. The minimum Gasteiger partial charge on any atom is -0.491 e. The number of rotatable bonds is 6. The average Bonchev–Trinajstić information content (AvgIpc) is 2.42. The quantitative estimate of drug-likeness (QED) is 0.885. The fourth-order valence-electron chi connectivity index (χ4n) is 2.25. The second kappa shape index (κ2) is 7.09. The lowest BCUT2D eigenvalue weighted by Crippen LogP contribution is -2.22. The van der Waals surface area contributed by atoms with Gasteiger partial charge in [0, 0.05) is 18.3 Å². The molecule has 4 nitrogen and oxygen atoms in total. The van der Waals surface area contributed by atoms with Crippen LogP contribution in [0.25, 0.3) is 0 Å². The number of ether oxygens (including phenoxy) is 1. The second-order valence-electron chi connectivity index (χ2n) is 5.37. The van der Waals surface area contributed by atoms with Crippen molar-refractivity contribution in [2.75, 3.05) is 6.61 Å². The molecule has 1 heterocycles. The Morgan fingerprint density at radius 1 is 1.29 bits per heavy atom. The highest BCUT2D eigenvalue weighted by Gasteiger charge is 2.07. The fraction of sp³-hybridized carbons (Fsp3) is 0.353. The third-order valence-corrected chi connectivity index (χ3v) is 3.25. The molecular formula is C17H22N2O2. The topological polar surface area (TPSA) is 57.2 Å². The summed E-state index contributed by atoms with van der Waals surface area (Å²) in [5, 5.41) is 0. The Balaban J connectivity index is 2.03. The van der Waals surface area contributed by atoms with E-state index in [2.05, 4.69) is 13.0 Å². The molecule has 1 aromatic carbocycles. The molecule has 0 aliphatic heterocycles. The number of benzene rings is 1. The third kappa shape index (κ3) is 4.46. The molecule has 0 aliphatic rings. The first kappa shape index (κ1) is 15.3. The molecule has 21 heavy (non-hydrogen) atoms. The number of aryl methyl sites for hydroxylation is 1. The number of nitrogens with zero attached hydrogens (tertiary/aromatic N) is 1. The maximum atomic E-state index is 11.6. The van der Waals surface area contributed by atoms with Gasteiger partial charge in [0.2, 0.25) is 0 Å². The van der Waals surface area contributed by atoms with Crippen LogP contribution in [-0.4, -0.2) is 17.2 Å². The van der Waals surface area contributed by atoms with E-state index in [1.54, 1.807) is 22.9 Å². The molecule has 0 amide bonds. The predicted molar refractivity (Wildman–Crippen MR) is 84.7 cm³/mol. The van der Waals surface area contributed by atoms with Crippen LogP contribution in [0.3, 0.4) is 0 Å². The van der Waals surface area contributed by atoms with Gasteiger partial charge in [-0.3, -0.25) is 4.79 Å². The van der Waals surface area contributed by atoms with E-state index in [9.17, 15) is 4.79 Å². The van der Waals surface area contributed by atoms with E-state index in [0.717, 1.165) is 17.7 Å². The van der Waals surface area contributed by atoms with Crippen LogP contribution in [0.2, 0.25) is 0 Å². The van der Waals surface area contributed by atoms with E-state index in [1.165, 1.54) is 5.56 Å². The van der Waals surface area contributed by atoms with Crippen molar-refractivity contribution in [1.29, 1.82) is 0 Å². The molecule has 4 heteroatoms. The Labute approximate surface area is 125 Å². The van der Waals surface area contributed by atoms with Crippen LogP contribution in [0.1, 0.15) is 18.1 Å². The van der Waals surface area contributed by atoms with Gasteiger partial charge in [-0.25, -0.2) is 0 Å². The van der Waals surface area contributed by atoms with Crippen molar-refractivity contribution in [2.24, 2.45) is 5.73 Å². The molecule has 0 bridgehead atoms. The lowest BCUT2D eigenvalue weighted by molar-refractivity contribution is 0.293. The normalized spacial score (nSPS) is 12.1. The summed E-state index contributed by atoms with van der Waals surface area (Å²) < 4.78 is 7.47. The van der Waals surface area contributed by atoms with Crippen LogP contribution in [0.5, 0.6) is 5.75 Å². The molecule has 1 aromatic heterocycles. The molecule has 2 aromatic rings. The lowest BCUT2D eigenvalue weighted by Gasteiger charge is -2.14. The molecule has 1 atom stereocenters. The minimum atomic E-state index is -0.0131. The standard InChI is InChI=1S/C17H22N2O2/c1-13-6-7-16(15(11-13)12-14(2)18)21-10-9-19-8-4-3-5-17(19)20/h3-8,11,14H,9-10,12,18H2,1-2H3. The van der Waals surface area contributed by atoms with Gasteiger partial charge < -0.3 is 15.0 Å². The summed E-state index contributed by atoms with van der Waals surface area (Å²) in [7, 11) is 0. The van der Waals surface area contributed by atoms with E-state index in [4.69, 9.17) is 10.5 Å². The Kier molecular flexibility index (Phi) is 5.17. The number of hydrogen-bond donors (Lipinski definition) is 1. The predicted octanol–water partition coefficient (Wildman–Crippen LogP) is 2.13. The SMILES string of the molecule is Cc1ccc(OCCn2ccccc2=O)c(CC(C)N)c1. The number of pyridine rings is 1. The van der Waals surface area contributed by atoms with E-state index < -0.39 is 0 Å². The van der Waals surface area contributed by atoms with Gasteiger partial charge in [-0.1, -0.05) is 23.8 Å². The highest BCUT2D eigenvalue weighted by atomic mass is 16.5. The van der Waals surface area contributed by atoms with Crippen LogP contribution in [0.4, 0.5) is 0 Å². The number of hydrogen-bond acceptors (Lipinski definition) is 3. The van der Waals surface area contributed by atoms with Gasteiger partial charge in [-0.15, -0.1) is 0 Å². The number of aromatic nitrogens is 1. The largest absolute Gasteiger partial charge is 0.491 e. The first-order valence-electron chi connectivity index (χ1n) is 7.19. The summed E-state index contributed by atoms with van der Waals surface area (Å²) in [4.78, 5) is 11.6. The molecular weight excluding hydrogens is 264 g/mol. The monoisotopic (exact) mass is 286 g/mol. The Bertz CT molecular complexity index is 647. The molecule has 0 aliphatic carbocycles. The Hall–Kier alpha value is -2.07. The van der Waals surface area contributed by atoms with Gasteiger partial charge in [0.05, 0.1) is 6.54 Å². The fourth-order valence-corrected chi connectivity index (χ4v) is 2.25. The van der Waals surface area contributed by atoms with Crippen LogP contribution < -0.4 is 16.0 Å². The number of nitrogens with two attached hydrogens (primary N) is 1. The summed E-state index contributed by atoms with van der Waals surface area (Å²) in [5.41, 5.74) is 8.18. The van der Waals surface area contributed by atoms with Crippen molar-refractivity contribution in [3.63, 3.8) is 0 Å². The van der Waals surface area contributed by atoms with Gasteiger partial charge in [-0.2, -0.15) is 0 Å². The zero-order valence-corrected chi connectivity index (χ0v) is 12.6. The molecule has 0 radical (unpaired) electrons. The summed E-state index contributed by atoms with van der Waals surface area (Å²) in [6, 6.07) is 11.3. The molecule has 1 unspecified atom stereocenters. The van der Waals surface area contributed by atoms with E-state index >= 15 is 0 Å². The molecule has 2 rings (SSSR count). The van der Waals surface area contributed by atoms with E-state index in [1.807, 2.05) is 25.1 Å². The van der Waals surface area contributed by atoms with Crippen molar-refractivity contribution in [1.82, 2.24) is 4.57 Å². The summed E-state index contributed by atoms with van der Waals surface area (Å²) in [5.74, 6) is 0.849. The Morgan fingerprint density at radius 3 is 2.81 bits per heavy atom. The van der Waals surface area contributed by atoms with Gasteiger partial charge in [0.1, 0.15) is 12.4 Å². The van der Waals surface area contributed by atoms with Crippen LogP contribution in [0, 0.1) is 6.92 Å². The van der Waals surface area contributed by atoms with Crippen LogP contribution in [-0.2, 0) is 13.0 Å². The molecule has 0 fully saturated rings. The molecule has 2 N–H and O–H groups in total. The Morgan fingerprint density at radius 2 is 2.10 bits per heavy atom. The van der Waals surface area contributed by atoms with Crippen molar-refractivity contribution in [2.45, 2.75) is 32.9 Å². The van der Waals surface area contributed by atoms with Gasteiger partial charge in [0.15, 0.2) is 0 Å². The summed E-state index contributed by atoms with van der Waals surface area (Å²) >= 11 is 0. The van der Waals surface area contributed by atoms with Gasteiger partial charge in [-0.05, 0) is 38.0 Å². The molecule has 0 saturated carbocycles. The van der Waals surface area contributed by atoms with Gasteiger partial charge in [0.25, 0.3) is 5.56 Å². The zero-order chi connectivity index (χ0) is 15.2. The van der Waals surface area contributed by atoms with Crippen LogP contribution in [0.15, 0.2) is 47.4 Å². The summed E-state index contributed by atoms with van der Waals surface area (Å²) in [6.45, 7) is 5.03. The second-order valence-corrected chi connectivity index (χ2v) is 5.37. The highest BCUT2D eigenvalue weighted by molar-refractivity contribution is 5.37. The molecule has 0 saturated heterocycles. The first-order valence-corrected chi connectivity index (χ1v) is 7.19. The van der Waals surface area contributed by atoms with Crippen molar-refractivity contribution < 1.29 is 4.74 Å². The molecule has 0 spiro atoms. The van der Waals surface area contributed by atoms with Gasteiger partial charge >= 0.3 is 0 Å². The van der Waals surface area contributed by atoms with E-state index in [0.29, 0.717) is 13.2 Å². The van der Waals surface area contributed by atoms with Crippen molar-refractivity contribution >= 4 is 0 Å². The van der Waals surface area contributed by atoms with Crippen LogP contribution >= 0.6 is 0 Å². The van der Waals surface area contributed by atoms with Crippen molar-refractivity contribution in [3.8, 4) is 5.75 Å². The molecule has 112 valence electrons. The minimum absolute atomic E-state index is 0.0131. The maximum Gasteiger partial charge on any atom is 0.250 e. The third-order valence-electron chi connectivity index (χ3n) is 3.25. The van der Waals surface area contributed by atoms with E-state index in [-0.39, 0.29) is 11.6 Å². The highest BCUT2D eigenvalue weighted by Crippen LogP contribution is 2.21. The average molecular weight is 286 g/mol.